The Hall–Kier alpha value is -1.92. The highest BCUT2D eigenvalue weighted by molar-refractivity contribution is 7.80. The van der Waals surface area contributed by atoms with Crippen molar-refractivity contribution in [3.8, 4) is 11.1 Å². The first-order valence-electron chi connectivity index (χ1n) is 9.44. The first-order chi connectivity index (χ1) is 13.1. The van der Waals surface area contributed by atoms with Crippen molar-refractivity contribution in [3.05, 3.63) is 40.8 Å². The highest BCUT2D eigenvalue weighted by Gasteiger charge is 2.25. The molecule has 0 bridgehead atoms. The van der Waals surface area contributed by atoms with Gasteiger partial charge in [-0.15, -0.1) is 11.3 Å². The average Bonchev–Trinajstić information content (AvgIpc) is 2.83. The van der Waals surface area contributed by atoms with Gasteiger partial charge in [-0.25, -0.2) is 4.79 Å². The molecule has 3 rings (SSSR count). The molecular weight excluding hydrogens is 376 g/mol. The lowest BCUT2D eigenvalue weighted by Crippen LogP contribution is -2.37. The molecule has 1 saturated carbocycles. The number of methoxy groups -OCH3 is 1. The Kier molecular flexibility index (Phi) is 6.85. The molecule has 0 amide bonds. The number of carbonyl (C=O) groups is 1. The number of esters is 1. The maximum Gasteiger partial charge on any atom is 0.341 e. The van der Waals surface area contributed by atoms with E-state index in [1.807, 2.05) is 37.3 Å². The Bertz CT molecular complexity index is 794. The number of rotatable bonds is 4. The van der Waals surface area contributed by atoms with Gasteiger partial charge in [-0.2, -0.15) is 0 Å². The molecule has 1 fully saturated rings. The molecule has 144 valence electrons. The van der Waals surface area contributed by atoms with E-state index in [9.17, 15) is 4.79 Å². The third kappa shape index (κ3) is 4.87. The second-order valence-electron chi connectivity index (χ2n) is 6.88. The van der Waals surface area contributed by atoms with Crippen molar-refractivity contribution in [1.82, 2.24) is 5.32 Å². The number of benzene rings is 1. The second-order valence-corrected chi connectivity index (χ2v) is 8.51. The van der Waals surface area contributed by atoms with Crippen LogP contribution in [0.25, 0.3) is 11.1 Å². The van der Waals surface area contributed by atoms with Gasteiger partial charge in [-0.3, -0.25) is 0 Å². The van der Waals surface area contributed by atoms with E-state index < -0.39 is 0 Å². The van der Waals surface area contributed by atoms with Crippen LogP contribution in [0.5, 0.6) is 0 Å². The van der Waals surface area contributed by atoms with E-state index in [2.05, 4.69) is 10.6 Å². The molecule has 0 spiro atoms. The first kappa shape index (κ1) is 19.8. The topological polar surface area (TPSA) is 50.4 Å². The molecule has 0 aliphatic heterocycles. The van der Waals surface area contributed by atoms with E-state index in [0.29, 0.717) is 16.7 Å². The molecule has 4 nitrogen and oxygen atoms in total. The van der Waals surface area contributed by atoms with Crippen LogP contribution in [0.3, 0.4) is 0 Å². The van der Waals surface area contributed by atoms with E-state index in [1.165, 1.54) is 44.1 Å². The Morgan fingerprint density at radius 3 is 2.44 bits per heavy atom. The summed E-state index contributed by atoms with van der Waals surface area (Å²) in [5, 5.41) is 8.01. The third-order valence-corrected chi connectivity index (χ3v) is 6.19. The fraction of sp³-hybridized carbons (Fsp3) is 0.429. The highest BCUT2D eigenvalue weighted by atomic mass is 32.1. The van der Waals surface area contributed by atoms with Gasteiger partial charge in [-0.1, -0.05) is 56.0 Å². The van der Waals surface area contributed by atoms with E-state index in [0.717, 1.165) is 33.8 Å². The minimum Gasteiger partial charge on any atom is -0.465 e. The third-order valence-electron chi connectivity index (χ3n) is 4.95. The molecule has 6 heteroatoms. The lowest BCUT2D eigenvalue weighted by atomic mass is 10.0. The second kappa shape index (κ2) is 9.33. The average molecular weight is 403 g/mol. The van der Waals surface area contributed by atoms with Gasteiger partial charge in [0, 0.05) is 16.5 Å². The largest absolute Gasteiger partial charge is 0.465 e. The number of nitrogens with one attached hydrogen (secondary N) is 2. The van der Waals surface area contributed by atoms with Crippen LogP contribution in [0, 0.1) is 6.92 Å². The van der Waals surface area contributed by atoms with Crippen molar-refractivity contribution in [2.24, 2.45) is 0 Å². The van der Waals surface area contributed by atoms with Gasteiger partial charge in [0.15, 0.2) is 5.11 Å². The van der Waals surface area contributed by atoms with Gasteiger partial charge in [0.1, 0.15) is 10.6 Å². The summed E-state index contributed by atoms with van der Waals surface area (Å²) in [5.41, 5.74) is 2.46. The number of anilines is 1. The van der Waals surface area contributed by atoms with Crippen LogP contribution in [0.15, 0.2) is 30.3 Å². The van der Waals surface area contributed by atoms with Crippen LogP contribution < -0.4 is 10.6 Å². The number of hydrogen-bond acceptors (Lipinski definition) is 4. The van der Waals surface area contributed by atoms with Crippen LogP contribution in [0.2, 0.25) is 0 Å². The molecule has 2 aromatic rings. The molecule has 0 saturated heterocycles. The summed E-state index contributed by atoms with van der Waals surface area (Å²) in [7, 11) is 1.41. The van der Waals surface area contributed by atoms with Crippen LogP contribution in [-0.4, -0.2) is 24.2 Å². The summed E-state index contributed by atoms with van der Waals surface area (Å²) in [6.45, 7) is 2.02. The molecule has 2 N–H and O–H groups in total. The van der Waals surface area contributed by atoms with Crippen molar-refractivity contribution in [1.29, 1.82) is 0 Å². The number of aryl methyl sites for hydroxylation is 1. The standard InChI is InChI=1S/C21H26N2O2S2/c1-14-17(15-10-6-5-7-11-15)18(20(24)25-2)19(27-14)23-21(26)22-16-12-8-3-4-9-13-16/h5-7,10-11,16H,3-4,8-9,12-13H2,1-2H3,(H2,22,23,26). The maximum atomic E-state index is 12.5. The monoisotopic (exact) mass is 402 g/mol. The van der Waals surface area contributed by atoms with Crippen molar-refractivity contribution in [2.45, 2.75) is 51.5 Å². The normalized spacial score (nSPS) is 15.0. The fourth-order valence-corrected chi connectivity index (χ4v) is 5.03. The summed E-state index contributed by atoms with van der Waals surface area (Å²) in [5.74, 6) is -0.349. The van der Waals surface area contributed by atoms with Crippen LogP contribution >= 0.6 is 23.6 Å². The van der Waals surface area contributed by atoms with Crippen molar-refractivity contribution >= 4 is 39.6 Å². The first-order valence-corrected chi connectivity index (χ1v) is 10.7. The Balaban J connectivity index is 1.84. The fourth-order valence-electron chi connectivity index (χ4n) is 3.63. The lowest BCUT2D eigenvalue weighted by Gasteiger charge is -2.19. The van der Waals surface area contributed by atoms with E-state index in [1.54, 1.807) is 0 Å². The maximum absolute atomic E-state index is 12.5. The van der Waals surface area contributed by atoms with Crippen LogP contribution in [-0.2, 0) is 4.74 Å². The summed E-state index contributed by atoms with van der Waals surface area (Å²) in [4.78, 5) is 13.6. The molecule has 1 aromatic heterocycles. The smallest absolute Gasteiger partial charge is 0.341 e. The molecule has 0 radical (unpaired) electrons. The Morgan fingerprint density at radius 2 is 1.81 bits per heavy atom. The number of hydrogen-bond donors (Lipinski definition) is 2. The molecule has 0 atom stereocenters. The van der Waals surface area contributed by atoms with E-state index in [4.69, 9.17) is 17.0 Å². The summed E-state index contributed by atoms with van der Waals surface area (Å²) in [6, 6.07) is 10.3. The summed E-state index contributed by atoms with van der Waals surface area (Å²) >= 11 is 7.08. The molecule has 0 unspecified atom stereocenters. The molecule has 27 heavy (non-hydrogen) atoms. The minimum atomic E-state index is -0.349. The molecular formula is C21H26N2O2S2. The van der Waals surface area contributed by atoms with Gasteiger partial charge < -0.3 is 15.4 Å². The Labute approximate surface area is 170 Å². The zero-order chi connectivity index (χ0) is 19.2. The van der Waals surface area contributed by atoms with Crippen molar-refractivity contribution < 1.29 is 9.53 Å². The predicted molar refractivity (Wildman–Crippen MR) is 117 cm³/mol. The van der Waals surface area contributed by atoms with E-state index >= 15 is 0 Å². The number of thiocarbonyl (C=S) groups is 1. The van der Waals surface area contributed by atoms with Gasteiger partial charge in [-0.05, 0) is 37.5 Å². The summed E-state index contributed by atoms with van der Waals surface area (Å²) < 4.78 is 5.06. The van der Waals surface area contributed by atoms with Crippen LogP contribution in [0.1, 0.15) is 53.8 Å². The lowest BCUT2D eigenvalue weighted by molar-refractivity contribution is 0.0603. The van der Waals surface area contributed by atoms with Crippen molar-refractivity contribution in [3.63, 3.8) is 0 Å². The van der Waals surface area contributed by atoms with Gasteiger partial charge in [0.25, 0.3) is 0 Å². The van der Waals surface area contributed by atoms with Gasteiger partial charge in [0.2, 0.25) is 0 Å². The van der Waals surface area contributed by atoms with E-state index in [-0.39, 0.29) is 5.97 Å². The highest BCUT2D eigenvalue weighted by Crippen LogP contribution is 2.40. The number of carbonyl (C=O) groups excluding carboxylic acids is 1. The number of thiophene rings is 1. The minimum absolute atomic E-state index is 0.349. The summed E-state index contributed by atoms with van der Waals surface area (Å²) in [6.07, 6.45) is 7.37. The Morgan fingerprint density at radius 1 is 1.15 bits per heavy atom. The van der Waals surface area contributed by atoms with Gasteiger partial charge >= 0.3 is 5.97 Å². The quantitative estimate of drug-likeness (QED) is 0.401. The SMILES string of the molecule is COC(=O)c1c(NC(=S)NC2CCCCCC2)sc(C)c1-c1ccccc1. The van der Waals surface area contributed by atoms with Crippen molar-refractivity contribution in [2.75, 3.05) is 12.4 Å². The zero-order valence-electron chi connectivity index (χ0n) is 15.8. The number of ether oxygens (including phenoxy) is 1. The molecule has 1 heterocycles. The van der Waals surface area contributed by atoms with Gasteiger partial charge in [0.05, 0.1) is 7.11 Å². The zero-order valence-corrected chi connectivity index (χ0v) is 17.5. The molecule has 1 aliphatic rings. The predicted octanol–water partition coefficient (Wildman–Crippen LogP) is 5.52. The molecule has 1 aromatic carbocycles. The van der Waals surface area contributed by atoms with Crippen LogP contribution in [0.4, 0.5) is 5.00 Å². The molecule has 1 aliphatic carbocycles.